The molecule has 0 saturated carbocycles. The van der Waals surface area contributed by atoms with Crippen LogP contribution in [0.15, 0.2) is 24.3 Å². The van der Waals surface area contributed by atoms with Crippen molar-refractivity contribution in [3.05, 3.63) is 29.3 Å². The van der Waals surface area contributed by atoms with Crippen molar-refractivity contribution < 1.29 is 0 Å². The summed E-state index contributed by atoms with van der Waals surface area (Å²) in [5.41, 5.74) is 1.07. The molecule has 1 N–H and O–H groups in total. The van der Waals surface area contributed by atoms with Gasteiger partial charge in [-0.1, -0.05) is 23.7 Å². The van der Waals surface area contributed by atoms with E-state index in [2.05, 4.69) is 16.3 Å². The molecule has 4 heteroatoms. The van der Waals surface area contributed by atoms with Gasteiger partial charge in [0.2, 0.25) is 0 Å². The monoisotopic (exact) mass is 249 g/mol. The van der Waals surface area contributed by atoms with Crippen molar-refractivity contribution >= 4 is 17.3 Å². The molecule has 0 bridgehead atoms. The molecule has 1 heterocycles. The third-order valence-corrected chi connectivity index (χ3v) is 3.33. The fraction of sp³-hybridized carbons (Fsp3) is 0.462. The van der Waals surface area contributed by atoms with Gasteiger partial charge in [0, 0.05) is 19.1 Å². The average molecular weight is 250 g/mol. The van der Waals surface area contributed by atoms with E-state index in [0.717, 1.165) is 36.8 Å². The smallest absolute Gasteiger partial charge is 0.0639 e. The van der Waals surface area contributed by atoms with Crippen LogP contribution in [0.4, 0.5) is 5.69 Å². The molecule has 1 aromatic rings. The molecule has 1 unspecified atom stereocenters. The van der Waals surface area contributed by atoms with Gasteiger partial charge in [0.25, 0.3) is 0 Å². The lowest BCUT2D eigenvalue weighted by atomic mass is 10.2. The van der Waals surface area contributed by atoms with Crippen molar-refractivity contribution in [3.8, 4) is 6.07 Å². The summed E-state index contributed by atoms with van der Waals surface area (Å²) in [5.74, 6) is 0. The maximum absolute atomic E-state index is 8.79. The first-order valence-electron chi connectivity index (χ1n) is 5.91. The van der Waals surface area contributed by atoms with E-state index < -0.39 is 0 Å². The minimum atomic E-state index is 0.235. The Labute approximate surface area is 107 Å². The van der Waals surface area contributed by atoms with E-state index in [1.807, 2.05) is 24.3 Å². The van der Waals surface area contributed by atoms with E-state index in [1.54, 1.807) is 0 Å². The van der Waals surface area contributed by atoms with Gasteiger partial charge in [0.05, 0.1) is 23.2 Å². The van der Waals surface area contributed by atoms with Crippen LogP contribution in [0.3, 0.4) is 0 Å². The molecule has 2 rings (SSSR count). The largest absolute Gasteiger partial charge is 0.369 e. The molecule has 1 fully saturated rings. The van der Waals surface area contributed by atoms with E-state index in [0.29, 0.717) is 6.42 Å². The standard InChI is InChI=1S/C13H16ClN3/c14-12-4-1-2-5-13(12)17-9-3-8-16-11(10-17)6-7-15/h1-2,4-5,11,16H,3,6,8-10H2. The number of para-hydroxylation sites is 1. The zero-order valence-corrected chi connectivity index (χ0v) is 10.5. The first-order valence-corrected chi connectivity index (χ1v) is 6.29. The summed E-state index contributed by atoms with van der Waals surface area (Å²) in [6.07, 6.45) is 1.62. The molecule has 17 heavy (non-hydrogen) atoms. The molecule has 1 aliphatic heterocycles. The van der Waals surface area contributed by atoms with E-state index in [9.17, 15) is 0 Å². The van der Waals surface area contributed by atoms with Crippen LogP contribution in [0.5, 0.6) is 0 Å². The molecule has 1 saturated heterocycles. The minimum Gasteiger partial charge on any atom is -0.369 e. The van der Waals surface area contributed by atoms with Gasteiger partial charge in [-0.25, -0.2) is 0 Å². The summed E-state index contributed by atoms with van der Waals surface area (Å²) in [7, 11) is 0. The summed E-state index contributed by atoms with van der Waals surface area (Å²) < 4.78 is 0. The number of hydrogen-bond acceptors (Lipinski definition) is 3. The maximum Gasteiger partial charge on any atom is 0.0639 e. The van der Waals surface area contributed by atoms with Gasteiger partial charge in [-0.15, -0.1) is 0 Å². The van der Waals surface area contributed by atoms with Crippen LogP contribution in [-0.2, 0) is 0 Å². The van der Waals surface area contributed by atoms with Gasteiger partial charge in [-0.05, 0) is 25.1 Å². The Morgan fingerprint density at radius 1 is 1.47 bits per heavy atom. The second-order valence-corrected chi connectivity index (χ2v) is 4.67. The Hall–Kier alpha value is -1.24. The summed E-state index contributed by atoms with van der Waals surface area (Å²) in [5, 5.41) is 13.0. The predicted octanol–water partition coefficient (Wildman–Crippen LogP) is 2.42. The van der Waals surface area contributed by atoms with Crippen LogP contribution in [0.1, 0.15) is 12.8 Å². The number of nitriles is 1. The van der Waals surface area contributed by atoms with Gasteiger partial charge in [-0.3, -0.25) is 0 Å². The molecule has 0 aromatic heterocycles. The molecule has 0 spiro atoms. The Kier molecular flexibility index (Phi) is 4.24. The average Bonchev–Trinajstić information content (AvgIpc) is 2.56. The molecule has 3 nitrogen and oxygen atoms in total. The first kappa shape index (κ1) is 12.2. The van der Waals surface area contributed by atoms with Crippen molar-refractivity contribution in [2.45, 2.75) is 18.9 Å². The number of anilines is 1. The normalized spacial score (nSPS) is 20.7. The van der Waals surface area contributed by atoms with E-state index in [1.165, 1.54) is 0 Å². The van der Waals surface area contributed by atoms with Gasteiger partial charge in [0.15, 0.2) is 0 Å². The van der Waals surface area contributed by atoms with Crippen LogP contribution < -0.4 is 10.2 Å². The number of hydrogen-bond donors (Lipinski definition) is 1. The highest BCUT2D eigenvalue weighted by molar-refractivity contribution is 6.33. The highest BCUT2D eigenvalue weighted by Gasteiger charge is 2.18. The van der Waals surface area contributed by atoms with Crippen LogP contribution in [0, 0.1) is 11.3 Å². The number of benzene rings is 1. The number of nitrogens with zero attached hydrogens (tertiary/aromatic N) is 2. The molecule has 0 aliphatic carbocycles. The predicted molar refractivity (Wildman–Crippen MR) is 70.3 cm³/mol. The van der Waals surface area contributed by atoms with Crippen LogP contribution in [0.25, 0.3) is 0 Å². The Bertz CT molecular complexity index is 413. The van der Waals surface area contributed by atoms with Gasteiger partial charge in [0.1, 0.15) is 0 Å². The van der Waals surface area contributed by atoms with Crippen molar-refractivity contribution in [1.82, 2.24) is 5.32 Å². The lowest BCUT2D eigenvalue weighted by molar-refractivity contribution is 0.552. The lowest BCUT2D eigenvalue weighted by Crippen LogP contribution is -2.37. The third-order valence-electron chi connectivity index (χ3n) is 3.01. The second kappa shape index (κ2) is 5.90. The molecule has 1 aliphatic rings. The molecular weight excluding hydrogens is 234 g/mol. The van der Waals surface area contributed by atoms with Crippen molar-refractivity contribution in [2.24, 2.45) is 0 Å². The lowest BCUT2D eigenvalue weighted by Gasteiger charge is -2.26. The molecule has 90 valence electrons. The van der Waals surface area contributed by atoms with Crippen LogP contribution in [0.2, 0.25) is 5.02 Å². The van der Waals surface area contributed by atoms with E-state index >= 15 is 0 Å². The third kappa shape index (κ3) is 3.12. The van der Waals surface area contributed by atoms with Crippen molar-refractivity contribution in [3.63, 3.8) is 0 Å². The molecule has 1 atom stereocenters. The quantitative estimate of drug-likeness (QED) is 0.875. The molecular formula is C13H16ClN3. The van der Waals surface area contributed by atoms with Crippen LogP contribution >= 0.6 is 11.6 Å². The Morgan fingerprint density at radius 3 is 3.06 bits per heavy atom. The summed E-state index contributed by atoms with van der Waals surface area (Å²) in [6.45, 7) is 2.79. The topological polar surface area (TPSA) is 39.1 Å². The first-order chi connectivity index (χ1) is 8.31. The second-order valence-electron chi connectivity index (χ2n) is 4.26. The molecule has 0 radical (unpaired) electrons. The number of rotatable bonds is 2. The molecule has 1 aromatic carbocycles. The van der Waals surface area contributed by atoms with Crippen molar-refractivity contribution in [2.75, 3.05) is 24.5 Å². The van der Waals surface area contributed by atoms with Gasteiger partial charge >= 0.3 is 0 Å². The number of nitrogens with one attached hydrogen (secondary N) is 1. The van der Waals surface area contributed by atoms with E-state index in [-0.39, 0.29) is 6.04 Å². The SMILES string of the molecule is N#CCC1CN(c2ccccc2Cl)CCCN1. The van der Waals surface area contributed by atoms with Gasteiger partial charge in [-0.2, -0.15) is 5.26 Å². The number of halogens is 1. The zero-order chi connectivity index (χ0) is 12.1. The van der Waals surface area contributed by atoms with Gasteiger partial charge < -0.3 is 10.2 Å². The summed E-state index contributed by atoms with van der Waals surface area (Å²) in [4.78, 5) is 2.27. The summed E-state index contributed by atoms with van der Waals surface area (Å²) >= 11 is 6.21. The zero-order valence-electron chi connectivity index (χ0n) is 9.69. The summed E-state index contributed by atoms with van der Waals surface area (Å²) in [6, 6.07) is 10.4. The maximum atomic E-state index is 8.79. The fourth-order valence-corrected chi connectivity index (χ4v) is 2.43. The molecule has 0 amide bonds. The van der Waals surface area contributed by atoms with Crippen LogP contribution in [-0.4, -0.2) is 25.7 Å². The highest BCUT2D eigenvalue weighted by Crippen LogP contribution is 2.26. The Balaban J connectivity index is 2.14. The highest BCUT2D eigenvalue weighted by atomic mass is 35.5. The minimum absolute atomic E-state index is 0.235. The Morgan fingerprint density at radius 2 is 2.29 bits per heavy atom. The van der Waals surface area contributed by atoms with Crippen molar-refractivity contribution in [1.29, 1.82) is 5.26 Å². The fourth-order valence-electron chi connectivity index (χ4n) is 2.17. The van der Waals surface area contributed by atoms with E-state index in [4.69, 9.17) is 16.9 Å².